The summed E-state index contributed by atoms with van der Waals surface area (Å²) < 4.78 is 17.2. The predicted molar refractivity (Wildman–Crippen MR) is 83.3 cm³/mol. The number of carboxylic acids is 1. The number of fused-ring (bicyclic) bond motifs is 1. The molecule has 0 radical (unpaired) electrons. The topological polar surface area (TPSA) is 108 Å². The molecule has 0 saturated heterocycles. The van der Waals surface area contributed by atoms with E-state index in [4.69, 9.17) is 30.3 Å². The van der Waals surface area contributed by atoms with Crippen molar-refractivity contribution >= 4 is 28.7 Å². The summed E-state index contributed by atoms with van der Waals surface area (Å²) in [5, 5.41) is 9.01. The maximum absolute atomic E-state index is 11.9. The van der Waals surface area contributed by atoms with Gasteiger partial charge in [0.2, 0.25) is 5.89 Å². The molecular formula is C15H13ClN2O6. The summed E-state index contributed by atoms with van der Waals surface area (Å²) in [4.78, 5) is 26.5. The summed E-state index contributed by atoms with van der Waals surface area (Å²) in [6, 6.07) is 2.98. The Morgan fingerprint density at radius 3 is 2.88 bits per heavy atom. The summed E-state index contributed by atoms with van der Waals surface area (Å²) in [5.74, 6) is -0.300. The minimum absolute atomic E-state index is 0.00666. The third-order valence-corrected chi connectivity index (χ3v) is 3.59. The number of hydrogen-bond acceptors (Lipinski definition) is 6. The standard InChI is InChI=1S/C15H13ClN2O6/c1-8-6-17-13(23-8)7-22-11-5-12-10(4-9(11)16)18(15(21)24-12)3-2-14(19)20/h4-6H,2-3,7H2,1H3,(H,19,20). The van der Waals surface area contributed by atoms with E-state index in [1.54, 1.807) is 13.1 Å². The Balaban J connectivity index is 1.87. The second-order valence-electron chi connectivity index (χ2n) is 5.07. The Bertz CT molecular complexity index is 955. The molecule has 0 aliphatic heterocycles. The molecule has 0 aliphatic rings. The number of benzene rings is 1. The lowest BCUT2D eigenvalue weighted by Gasteiger charge is -2.06. The van der Waals surface area contributed by atoms with Crippen LogP contribution in [0, 0.1) is 6.92 Å². The van der Waals surface area contributed by atoms with Gasteiger partial charge in [-0.2, -0.15) is 0 Å². The van der Waals surface area contributed by atoms with E-state index in [-0.39, 0.29) is 30.2 Å². The molecule has 9 heteroatoms. The van der Waals surface area contributed by atoms with Crippen LogP contribution in [-0.2, 0) is 17.9 Å². The molecule has 0 atom stereocenters. The van der Waals surface area contributed by atoms with Crippen molar-refractivity contribution in [1.82, 2.24) is 9.55 Å². The molecule has 24 heavy (non-hydrogen) atoms. The van der Waals surface area contributed by atoms with Crippen LogP contribution in [-0.4, -0.2) is 20.6 Å². The van der Waals surface area contributed by atoms with Gasteiger partial charge in [0.25, 0.3) is 0 Å². The highest BCUT2D eigenvalue weighted by Crippen LogP contribution is 2.30. The molecule has 2 heterocycles. The van der Waals surface area contributed by atoms with Crippen molar-refractivity contribution < 1.29 is 23.5 Å². The van der Waals surface area contributed by atoms with Crippen molar-refractivity contribution in [2.75, 3.05) is 0 Å². The minimum Gasteiger partial charge on any atom is -0.482 e. The van der Waals surface area contributed by atoms with Crippen molar-refractivity contribution in [3.8, 4) is 5.75 Å². The van der Waals surface area contributed by atoms with Gasteiger partial charge in [-0.15, -0.1) is 0 Å². The van der Waals surface area contributed by atoms with Crippen molar-refractivity contribution in [1.29, 1.82) is 0 Å². The van der Waals surface area contributed by atoms with E-state index in [1.165, 1.54) is 16.7 Å². The SMILES string of the molecule is Cc1cnc(COc2cc3oc(=O)n(CCC(=O)O)c3cc2Cl)o1. The Labute approximate surface area is 140 Å². The maximum Gasteiger partial charge on any atom is 0.419 e. The fourth-order valence-corrected chi connectivity index (χ4v) is 2.41. The van der Waals surface area contributed by atoms with Crippen LogP contribution in [0.25, 0.3) is 11.1 Å². The molecule has 2 aromatic heterocycles. The van der Waals surface area contributed by atoms with Crippen LogP contribution in [0.4, 0.5) is 0 Å². The molecule has 0 saturated carbocycles. The highest BCUT2D eigenvalue weighted by Gasteiger charge is 2.15. The van der Waals surface area contributed by atoms with Gasteiger partial charge < -0.3 is 18.7 Å². The molecule has 0 bridgehead atoms. The molecule has 0 spiro atoms. The smallest absolute Gasteiger partial charge is 0.419 e. The molecule has 3 rings (SSSR count). The van der Waals surface area contributed by atoms with Crippen LogP contribution in [0.2, 0.25) is 5.02 Å². The fourth-order valence-electron chi connectivity index (χ4n) is 2.20. The van der Waals surface area contributed by atoms with Gasteiger partial charge in [-0.05, 0) is 13.0 Å². The van der Waals surface area contributed by atoms with Crippen LogP contribution >= 0.6 is 11.6 Å². The molecule has 1 aromatic carbocycles. The first-order chi connectivity index (χ1) is 11.4. The van der Waals surface area contributed by atoms with E-state index in [0.717, 1.165) is 0 Å². The lowest BCUT2D eigenvalue weighted by molar-refractivity contribution is -0.137. The van der Waals surface area contributed by atoms with Gasteiger partial charge in [-0.25, -0.2) is 9.78 Å². The molecule has 0 fully saturated rings. The van der Waals surface area contributed by atoms with E-state index < -0.39 is 11.7 Å². The molecular weight excluding hydrogens is 340 g/mol. The number of ether oxygens (including phenoxy) is 1. The molecule has 126 valence electrons. The number of aromatic nitrogens is 2. The quantitative estimate of drug-likeness (QED) is 0.726. The lowest BCUT2D eigenvalue weighted by atomic mass is 10.3. The Morgan fingerprint density at radius 1 is 1.42 bits per heavy atom. The van der Waals surface area contributed by atoms with Gasteiger partial charge in [0.15, 0.2) is 12.2 Å². The van der Waals surface area contributed by atoms with Crippen LogP contribution < -0.4 is 10.5 Å². The van der Waals surface area contributed by atoms with Crippen LogP contribution in [0.5, 0.6) is 5.75 Å². The highest BCUT2D eigenvalue weighted by molar-refractivity contribution is 6.32. The number of oxazole rings is 2. The second kappa shape index (κ2) is 6.40. The number of carbonyl (C=O) groups is 1. The van der Waals surface area contributed by atoms with Gasteiger partial charge in [0.1, 0.15) is 11.5 Å². The first-order valence-electron chi connectivity index (χ1n) is 7.03. The monoisotopic (exact) mass is 352 g/mol. The third-order valence-electron chi connectivity index (χ3n) is 3.29. The van der Waals surface area contributed by atoms with E-state index in [9.17, 15) is 9.59 Å². The van der Waals surface area contributed by atoms with Crippen molar-refractivity contribution in [3.63, 3.8) is 0 Å². The zero-order valence-corrected chi connectivity index (χ0v) is 13.4. The van der Waals surface area contributed by atoms with Gasteiger partial charge in [-0.3, -0.25) is 9.36 Å². The van der Waals surface area contributed by atoms with Gasteiger partial charge in [0, 0.05) is 12.6 Å². The van der Waals surface area contributed by atoms with E-state index in [2.05, 4.69) is 4.98 Å². The fraction of sp³-hybridized carbons (Fsp3) is 0.267. The Morgan fingerprint density at radius 2 is 2.21 bits per heavy atom. The number of aryl methyl sites for hydroxylation is 2. The van der Waals surface area contributed by atoms with Crippen molar-refractivity contribution in [2.45, 2.75) is 26.5 Å². The lowest BCUT2D eigenvalue weighted by Crippen LogP contribution is -2.16. The number of nitrogens with zero attached hydrogens (tertiary/aromatic N) is 2. The zero-order valence-electron chi connectivity index (χ0n) is 12.6. The molecule has 8 nitrogen and oxygen atoms in total. The average Bonchev–Trinajstić information content (AvgIpc) is 3.05. The number of halogens is 1. The van der Waals surface area contributed by atoms with Crippen molar-refractivity contribution in [3.05, 3.63) is 45.6 Å². The summed E-state index contributed by atoms with van der Waals surface area (Å²) in [6.07, 6.45) is 1.37. The Hall–Kier alpha value is -2.74. The predicted octanol–water partition coefficient (Wildman–Crippen LogP) is 2.60. The number of carboxylic acid groups (broad SMARTS) is 1. The van der Waals surface area contributed by atoms with Gasteiger partial charge in [-0.1, -0.05) is 11.6 Å². The van der Waals surface area contributed by atoms with Crippen LogP contribution in [0.15, 0.2) is 32.0 Å². The van der Waals surface area contributed by atoms with Crippen LogP contribution in [0.3, 0.4) is 0 Å². The first kappa shape index (κ1) is 16.1. The number of rotatable bonds is 6. The molecule has 3 aromatic rings. The zero-order chi connectivity index (χ0) is 17.3. The van der Waals surface area contributed by atoms with E-state index in [0.29, 0.717) is 22.9 Å². The largest absolute Gasteiger partial charge is 0.482 e. The third kappa shape index (κ3) is 3.28. The molecule has 0 unspecified atom stereocenters. The second-order valence-corrected chi connectivity index (χ2v) is 5.47. The maximum atomic E-state index is 11.9. The summed E-state index contributed by atoms with van der Waals surface area (Å²) in [5.41, 5.74) is 0.666. The van der Waals surface area contributed by atoms with Crippen LogP contribution in [0.1, 0.15) is 18.1 Å². The number of hydrogen-bond donors (Lipinski definition) is 1. The number of aliphatic carboxylic acids is 1. The normalized spacial score (nSPS) is 11.1. The van der Waals surface area contributed by atoms with Gasteiger partial charge in [0.05, 0.1) is 23.2 Å². The minimum atomic E-state index is -1.01. The highest BCUT2D eigenvalue weighted by atomic mass is 35.5. The molecule has 0 aliphatic carbocycles. The Kier molecular flexibility index (Phi) is 4.30. The molecule has 1 N–H and O–H groups in total. The average molecular weight is 353 g/mol. The van der Waals surface area contributed by atoms with Gasteiger partial charge >= 0.3 is 11.7 Å². The summed E-state index contributed by atoms with van der Waals surface area (Å²) in [6.45, 7) is 1.83. The first-order valence-corrected chi connectivity index (χ1v) is 7.40. The molecule has 0 amide bonds. The van der Waals surface area contributed by atoms with Crippen molar-refractivity contribution in [2.24, 2.45) is 0 Å². The van der Waals surface area contributed by atoms with E-state index in [1.807, 2.05) is 0 Å². The summed E-state index contributed by atoms with van der Waals surface area (Å²) in [7, 11) is 0. The van der Waals surface area contributed by atoms with E-state index >= 15 is 0 Å². The summed E-state index contributed by atoms with van der Waals surface area (Å²) >= 11 is 6.17.